The van der Waals surface area contributed by atoms with Crippen LogP contribution >= 0.6 is 11.6 Å². The van der Waals surface area contributed by atoms with Crippen LogP contribution in [0.15, 0.2) is 12.1 Å². The van der Waals surface area contributed by atoms with E-state index in [1.807, 2.05) is 0 Å². The highest BCUT2D eigenvalue weighted by Gasteiger charge is 2.34. The molecule has 1 rings (SSSR count). The van der Waals surface area contributed by atoms with Gasteiger partial charge in [0.1, 0.15) is 6.07 Å². The summed E-state index contributed by atoms with van der Waals surface area (Å²) in [5.41, 5.74) is -1.65. The maximum atomic E-state index is 12.4. The van der Waals surface area contributed by atoms with Gasteiger partial charge in [-0.25, -0.2) is 0 Å². The molecule has 3 nitrogen and oxygen atoms in total. The lowest BCUT2D eigenvalue weighted by atomic mass is 10.0. The standard InChI is InChI=1S/C10H5ClF3NO2/c11-9-6(4-15)5(3-8(16)17)1-2-7(9)10(12,13)14/h1-2H,3H2,(H,16,17). The Kier molecular flexibility index (Phi) is 3.63. The maximum absolute atomic E-state index is 12.4. The van der Waals surface area contributed by atoms with E-state index in [9.17, 15) is 18.0 Å². The van der Waals surface area contributed by atoms with E-state index in [-0.39, 0.29) is 5.56 Å². The van der Waals surface area contributed by atoms with Crippen molar-refractivity contribution < 1.29 is 23.1 Å². The van der Waals surface area contributed by atoms with Crippen LogP contribution in [0.4, 0.5) is 13.2 Å². The van der Waals surface area contributed by atoms with Crippen LogP contribution in [0.2, 0.25) is 5.02 Å². The monoisotopic (exact) mass is 263 g/mol. The second-order valence-electron chi connectivity index (χ2n) is 3.14. The minimum atomic E-state index is -4.68. The van der Waals surface area contributed by atoms with E-state index in [1.54, 1.807) is 0 Å². The van der Waals surface area contributed by atoms with E-state index in [1.165, 1.54) is 6.07 Å². The van der Waals surface area contributed by atoms with Gasteiger partial charge in [0.2, 0.25) is 0 Å². The number of carboxylic acids is 1. The van der Waals surface area contributed by atoms with Crippen molar-refractivity contribution in [2.24, 2.45) is 0 Å². The topological polar surface area (TPSA) is 61.1 Å². The molecule has 1 aromatic carbocycles. The summed E-state index contributed by atoms with van der Waals surface area (Å²) >= 11 is 5.45. The quantitative estimate of drug-likeness (QED) is 0.892. The Bertz CT molecular complexity index is 505. The second kappa shape index (κ2) is 4.63. The first-order chi connectivity index (χ1) is 7.77. The highest BCUT2D eigenvalue weighted by Crippen LogP contribution is 2.37. The molecule has 0 spiro atoms. The predicted molar refractivity (Wildman–Crippen MR) is 52.5 cm³/mol. The molecule has 90 valence electrons. The van der Waals surface area contributed by atoms with Crippen molar-refractivity contribution in [2.45, 2.75) is 12.6 Å². The van der Waals surface area contributed by atoms with Gasteiger partial charge in [0.15, 0.2) is 0 Å². The fourth-order valence-electron chi connectivity index (χ4n) is 1.27. The van der Waals surface area contributed by atoms with Gasteiger partial charge in [-0.15, -0.1) is 0 Å². The summed E-state index contributed by atoms with van der Waals surface area (Å²) in [6.45, 7) is 0. The molecule has 0 saturated heterocycles. The first-order valence-corrected chi connectivity index (χ1v) is 4.65. The number of nitrogens with zero attached hydrogens (tertiary/aromatic N) is 1. The number of rotatable bonds is 2. The fraction of sp³-hybridized carbons (Fsp3) is 0.200. The van der Waals surface area contributed by atoms with Crippen LogP contribution in [0.25, 0.3) is 0 Å². The van der Waals surface area contributed by atoms with Crippen LogP contribution in [-0.4, -0.2) is 11.1 Å². The molecule has 0 saturated carbocycles. The highest BCUT2D eigenvalue weighted by atomic mass is 35.5. The van der Waals surface area contributed by atoms with E-state index in [0.717, 1.165) is 6.07 Å². The molecule has 0 bridgehead atoms. The molecule has 1 aromatic rings. The number of halogens is 4. The molecule has 1 N–H and O–H groups in total. The molecule has 0 radical (unpaired) electrons. The SMILES string of the molecule is N#Cc1c(CC(=O)O)ccc(C(F)(F)F)c1Cl. The number of carboxylic acid groups (broad SMARTS) is 1. The lowest BCUT2D eigenvalue weighted by molar-refractivity contribution is -0.137. The summed E-state index contributed by atoms with van der Waals surface area (Å²) in [6.07, 6.45) is -5.23. The third kappa shape index (κ3) is 2.88. The van der Waals surface area contributed by atoms with Crippen LogP contribution in [0.1, 0.15) is 16.7 Å². The van der Waals surface area contributed by atoms with Gasteiger partial charge in [0.25, 0.3) is 0 Å². The lowest BCUT2D eigenvalue weighted by Crippen LogP contribution is -2.09. The number of benzene rings is 1. The first-order valence-electron chi connectivity index (χ1n) is 4.28. The zero-order valence-corrected chi connectivity index (χ0v) is 8.93. The Balaban J connectivity index is 3.39. The summed E-state index contributed by atoms with van der Waals surface area (Å²) in [6, 6.07) is 3.10. The average molecular weight is 264 g/mol. The van der Waals surface area contributed by atoms with E-state index in [2.05, 4.69) is 0 Å². The molecule has 0 aliphatic heterocycles. The number of aliphatic carboxylic acids is 1. The van der Waals surface area contributed by atoms with Crippen LogP contribution in [0.3, 0.4) is 0 Å². The van der Waals surface area contributed by atoms with Gasteiger partial charge in [-0.1, -0.05) is 17.7 Å². The van der Waals surface area contributed by atoms with Gasteiger partial charge in [-0.2, -0.15) is 18.4 Å². The lowest BCUT2D eigenvalue weighted by Gasteiger charge is -2.11. The van der Waals surface area contributed by atoms with Crippen molar-refractivity contribution in [3.63, 3.8) is 0 Å². The Morgan fingerprint density at radius 3 is 2.47 bits per heavy atom. The van der Waals surface area contributed by atoms with E-state index < -0.39 is 34.7 Å². The molecular weight excluding hydrogens is 259 g/mol. The molecule has 0 unspecified atom stereocenters. The Morgan fingerprint density at radius 1 is 1.47 bits per heavy atom. The van der Waals surface area contributed by atoms with E-state index in [4.69, 9.17) is 22.0 Å². The zero-order valence-electron chi connectivity index (χ0n) is 8.18. The van der Waals surface area contributed by atoms with Gasteiger partial charge >= 0.3 is 12.1 Å². The van der Waals surface area contributed by atoms with Crippen LogP contribution in [0, 0.1) is 11.3 Å². The highest BCUT2D eigenvalue weighted by molar-refractivity contribution is 6.32. The summed E-state index contributed by atoms with van der Waals surface area (Å²) in [7, 11) is 0. The zero-order chi connectivity index (χ0) is 13.2. The van der Waals surface area contributed by atoms with Crippen molar-refractivity contribution in [1.29, 1.82) is 5.26 Å². The summed E-state index contributed by atoms with van der Waals surface area (Å²) in [4.78, 5) is 10.5. The molecular formula is C10H5ClF3NO2. The fourth-order valence-corrected chi connectivity index (χ4v) is 1.60. The Labute approximate surface area is 99.0 Å². The first kappa shape index (κ1) is 13.3. The molecule has 17 heavy (non-hydrogen) atoms. The minimum absolute atomic E-state index is 0.0435. The Morgan fingerprint density at radius 2 is 2.06 bits per heavy atom. The summed E-state index contributed by atoms with van der Waals surface area (Å²) in [5.74, 6) is -1.25. The molecule has 7 heteroatoms. The van der Waals surface area contributed by atoms with Gasteiger partial charge in [0, 0.05) is 0 Å². The third-order valence-corrected chi connectivity index (χ3v) is 2.38. The minimum Gasteiger partial charge on any atom is -0.481 e. The van der Waals surface area contributed by atoms with Gasteiger partial charge < -0.3 is 5.11 Å². The average Bonchev–Trinajstić information content (AvgIpc) is 2.15. The van der Waals surface area contributed by atoms with Crippen molar-refractivity contribution in [3.05, 3.63) is 33.8 Å². The predicted octanol–water partition coefficient (Wildman–Crippen LogP) is 2.86. The Hall–Kier alpha value is -1.74. The van der Waals surface area contributed by atoms with Gasteiger partial charge in [-0.3, -0.25) is 4.79 Å². The number of alkyl halides is 3. The van der Waals surface area contributed by atoms with Crippen LogP contribution in [0.5, 0.6) is 0 Å². The normalized spacial score (nSPS) is 11.0. The van der Waals surface area contributed by atoms with Crippen molar-refractivity contribution in [1.82, 2.24) is 0 Å². The second-order valence-corrected chi connectivity index (χ2v) is 3.52. The van der Waals surface area contributed by atoms with E-state index in [0.29, 0.717) is 6.07 Å². The summed E-state index contributed by atoms with van der Waals surface area (Å²) < 4.78 is 37.3. The molecule has 0 aliphatic carbocycles. The van der Waals surface area contributed by atoms with Gasteiger partial charge in [-0.05, 0) is 11.6 Å². The number of carbonyl (C=O) groups is 1. The van der Waals surface area contributed by atoms with Crippen molar-refractivity contribution >= 4 is 17.6 Å². The smallest absolute Gasteiger partial charge is 0.417 e. The molecule has 0 atom stereocenters. The molecule has 0 aliphatic rings. The van der Waals surface area contributed by atoms with Gasteiger partial charge in [0.05, 0.1) is 22.6 Å². The largest absolute Gasteiger partial charge is 0.481 e. The molecule has 0 heterocycles. The number of hydrogen-bond acceptors (Lipinski definition) is 2. The summed E-state index contributed by atoms with van der Waals surface area (Å²) in [5, 5.41) is 16.5. The van der Waals surface area contributed by atoms with Crippen molar-refractivity contribution in [3.8, 4) is 6.07 Å². The van der Waals surface area contributed by atoms with Crippen LogP contribution < -0.4 is 0 Å². The molecule has 0 fully saturated rings. The molecule has 0 aromatic heterocycles. The molecule has 0 amide bonds. The maximum Gasteiger partial charge on any atom is 0.417 e. The third-order valence-electron chi connectivity index (χ3n) is 1.99. The van der Waals surface area contributed by atoms with Crippen LogP contribution in [-0.2, 0) is 17.4 Å². The van der Waals surface area contributed by atoms with E-state index >= 15 is 0 Å². The number of hydrogen-bond donors (Lipinski definition) is 1. The number of nitriles is 1. The van der Waals surface area contributed by atoms with Crippen molar-refractivity contribution in [2.75, 3.05) is 0 Å².